The summed E-state index contributed by atoms with van der Waals surface area (Å²) in [6.45, 7) is 4.65. The fourth-order valence-electron chi connectivity index (χ4n) is 3.56. The van der Waals surface area contributed by atoms with Crippen molar-refractivity contribution in [3.05, 3.63) is 70.8 Å². The van der Waals surface area contributed by atoms with Gasteiger partial charge in [-0.25, -0.2) is 0 Å². The normalized spacial score (nSPS) is 23.8. The van der Waals surface area contributed by atoms with Crippen LogP contribution in [0.25, 0.3) is 0 Å². The van der Waals surface area contributed by atoms with Gasteiger partial charge in [-0.2, -0.15) is 0 Å². The lowest BCUT2D eigenvalue weighted by Gasteiger charge is -2.38. The van der Waals surface area contributed by atoms with Gasteiger partial charge in [-0.15, -0.1) is 0 Å². The maximum Gasteiger partial charge on any atom is 0.0859 e. The van der Waals surface area contributed by atoms with E-state index in [2.05, 4.69) is 67.7 Å². The molecule has 0 aliphatic carbocycles. The Hall–Kier alpha value is -1.62. The molecule has 2 aromatic rings. The standard InChI is InChI=1S/C21H26BNO2/c1-14-3-7-16(8-4-14)21(17-9-5-15(2)6-10-17)20-11-19(24)18(12-25-20)23-13-22/h3-10,18-21,23-24H,11-13H2,1-2H3/t18-,19?,20+/m1/s1. The van der Waals surface area contributed by atoms with Gasteiger partial charge in [-0.1, -0.05) is 59.7 Å². The Bertz CT molecular complexity index is 626. The van der Waals surface area contributed by atoms with E-state index in [1.54, 1.807) is 0 Å². The Morgan fingerprint density at radius 1 is 1.04 bits per heavy atom. The summed E-state index contributed by atoms with van der Waals surface area (Å²) in [5, 5.41) is 13.6. The van der Waals surface area contributed by atoms with Crippen LogP contribution < -0.4 is 5.32 Å². The van der Waals surface area contributed by atoms with Gasteiger partial charge in [0, 0.05) is 12.3 Å². The number of benzene rings is 2. The Morgan fingerprint density at radius 2 is 1.56 bits per heavy atom. The van der Waals surface area contributed by atoms with E-state index in [9.17, 15) is 5.11 Å². The zero-order valence-corrected chi connectivity index (χ0v) is 15.0. The Morgan fingerprint density at radius 3 is 2.00 bits per heavy atom. The predicted octanol–water partition coefficient (Wildman–Crippen LogP) is 2.67. The van der Waals surface area contributed by atoms with Gasteiger partial charge in [-0.05, 0) is 31.4 Å². The van der Waals surface area contributed by atoms with Gasteiger partial charge in [0.15, 0.2) is 0 Å². The predicted molar refractivity (Wildman–Crippen MR) is 102 cm³/mol. The van der Waals surface area contributed by atoms with Gasteiger partial charge in [0.1, 0.15) is 0 Å². The first-order valence-electron chi connectivity index (χ1n) is 8.94. The molecule has 4 heteroatoms. The minimum Gasteiger partial charge on any atom is -0.391 e. The van der Waals surface area contributed by atoms with Gasteiger partial charge in [0.05, 0.1) is 32.7 Å². The van der Waals surface area contributed by atoms with Crippen LogP contribution in [-0.4, -0.2) is 44.3 Å². The van der Waals surface area contributed by atoms with Gasteiger partial charge in [0.25, 0.3) is 0 Å². The summed E-state index contributed by atoms with van der Waals surface area (Å²) in [7, 11) is 5.55. The van der Waals surface area contributed by atoms with Gasteiger partial charge in [-0.3, -0.25) is 0 Å². The molecule has 1 unspecified atom stereocenters. The van der Waals surface area contributed by atoms with Gasteiger partial charge < -0.3 is 15.2 Å². The van der Waals surface area contributed by atoms with E-state index in [-0.39, 0.29) is 18.1 Å². The quantitative estimate of drug-likeness (QED) is 0.826. The zero-order valence-electron chi connectivity index (χ0n) is 15.0. The number of hydrogen-bond donors (Lipinski definition) is 2. The fraction of sp³-hybridized carbons (Fsp3) is 0.429. The Balaban J connectivity index is 1.89. The van der Waals surface area contributed by atoms with E-state index in [4.69, 9.17) is 12.6 Å². The van der Waals surface area contributed by atoms with E-state index in [1.807, 2.05) is 0 Å². The number of ether oxygens (including phenoxy) is 1. The molecule has 1 aliphatic rings. The van der Waals surface area contributed by atoms with Crippen molar-refractivity contribution in [1.82, 2.24) is 5.32 Å². The molecule has 3 nitrogen and oxygen atoms in total. The van der Waals surface area contributed by atoms with Crippen molar-refractivity contribution in [2.45, 2.75) is 44.4 Å². The van der Waals surface area contributed by atoms with Crippen LogP contribution in [0.15, 0.2) is 48.5 Å². The highest BCUT2D eigenvalue weighted by atomic mass is 16.5. The summed E-state index contributed by atoms with van der Waals surface area (Å²) in [4.78, 5) is 0. The lowest BCUT2D eigenvalue weighted by molar-refractivity contribution is -0.0702. The molecule has 0 aromatic heterocycles. The Kier molecular flexibility index (Phi) is 5.95. The minimum atomic E-state index is -0.458. The number of nitrogens with one attached hydrogen (secondary N) is 1. The molecule has 3 atom stereocenters. The zero-order chi connectivity index (χ0) is 17.8. The smallest absolute Gasteiger partial charge is 0.0859 e. The van der Waals surface area contributed by atoms with Crippen molar-refractivity contribution in [2.75, 3.05) is 13.1 Å². The number of aliphatic hydroxyl groups excluding tert-OH is 1. The summed E-state index contributed by atoms with van der Waals surface area (Å²) in [6, 6.07) is 17.1. The van der Waals surface area contributed by atoms with Gasteiger partial charge in [0.2, 0.25) is 0 Å². The van der Waals surface area contributed by atoms with Crippen molar-refractivity contribution in [3.63, 3.8) is 0 Å². The molecule has 1 saturated heterocycles. The largest absolute Gasteiger partial charge is 0.391 e. The summed E-state index contributed by atoms with van der Waals surface area (Å²) in [5.41, 5.74) is 4.92. The second-order valence-corrected chi connectivity index (χ2v) is 6.99. The van der Waals surface area contributed by atoms with Crippen LogP contribution in [0.5, 0.6) is 0 Å². The topological polar surface area (TPSA) is 41.5 Å². The Labute approximate surface area is 151 Å². The molecule has 1 heterocycles. The average Bonchev–Trinajstić information content (AvgIpc) is 2.61. The highest BCUT2D eigenvalue weighted by molar-refractivity contribution is 6.08. The van der Waals surface area contributed by atoms with E-state index in [1.165, 1.54) is 22.3 Å². The SMILES string of the molecule is [B]CN[C@@H]1CO[C@H](C(c2ccc(C)cc2)c2ccc(C)cc2)CC1O. The van der Waals surface area contributed by atoms with E-state index in [0.29, 0.717) is 19.5 Å². The van der Waals surface area contributed by atoms with Crippen LogP contribution >= 0.6 is 0 Å². The molecular weight excluding hydrogens is 309 g/mol. The maximum atomic E-state index is 10.5. The summed E-state index contributed by atoms with van der Waals surface area (Å²) < 4.78 is 6.17. The van der Waals surface area contributed by atoms with Crippen LogP contribution in [0.2, 0.25) is 0 Å². The number of rotatable bonds is 5. The molecule has 0 saturated carbocycles. The first-order valence-corrected chi connectivity index (χ1v) is 8.94. The molecule has 2 N–H and O–H groups in total. The van der Waals surface area contributed by atoms with Crippen LogP contribution in [-0.2, 0) is 4.74 Å². The van der Waals surface area contributed by atoms with Crippen LogP contribution in [0.1, 0.15) is 34.6 Å². The summed E-state index contributed by atoms with van der Waals surface area (Å²) >= 11 is 0. The van der Waals surface area contributed by atoms with E-state index in [0.717, 1.165) is 0 Å². The van der Waals surface area contributed by atoms with Gasteiger partial charge >= 0.3 is 0 Å². The van der Waals surface area contributed by atoms with Crippen molar-refractivity contribution >= 4 is 7.85 Å². The molecule has 2 radical (unpaired) electrons. The number of aliphatic hydroxyl groups is 1. The maximum absolute atomic E-state index is 10.5. The number of aryl methyl sites for hydroxylation is 2. The molecule has 130 valence electrons. The minimum absolute atomic E-state index is 0.0590. The average molecular weight is 335 g/mol. The molecule has 3 rings (SSSR count). The fourth-order valence-corrected chi connectivity index (χ4v) is 3.56. The van der Waals surface area contributed by atoms with Crippen molar-refractivity contribution in [2.24, 2.45) is 0 Å². The molecule has 2 aromatic carbocycles. The van der Waals surface area contributed by atoms with Crippen molar-refractivity contribution < 1.29 is 9.84 Å². The highest BCUT2D eigenvalue weighted by Gasteiger charge is 2.35. The first kappa shape index (κ1) is 18.2. The van der Waals surface area contributed by atoms with Crippen LogP contribution in [0, 0.1) is 13.8 Å². The van der Waals surface area contributed by atoms with Crippen LogP contribution in [0.4, 0.5) is 0 Å². The lowest BCUT2D eigenvalue weighted by Crippen LogP contribution is -2.51. The molecule has 0 amide bonds. The molecule has 1 fully saturated rings. The number of hydrogen-bond acceptors (Lipinski definition) is 3. The molecule has 0 bridgehead atoms. The lowest BCUT2D eigenvalue weighted by atomic mass is 9.82. The van der Waals surface area contributed by atoms with Crippen molar-refractivity contribution in [3.8, 4) is 0 Å². The second kappa shape index (κ2) is 8.18. The molecule has 25 heavy (non-hydrogen) atoms. The second-order valence-electron chi connectivity index (χ2n) is 6.99. The third-order valence-corrected chi connectivity index (χ3v) is 5.05. The highest BCUT2D eigenvalue weighted by Crippen LogP contribution is 2.34. The molecule has 0 spiro atoms. The van der Waals surface area contributed by atoms with E-state index < -0.39 is 6.10 Å². The monoisotopic (exact) mass is 335 g/mol. The van der Waals surface area contributed by atoms with Crippen LogP contribution in [0.3, 0.4) is 0 Å². The molecule has 1 aliphatic heterocycles. The van der Waals surface area contributed by atoms with Crippen molar-refractivity contribution in [1.29, 1.82) is 0 Å². The van der Waals surface area contributed by atoms with E-state index >= 15 is 0 Å². The third-order valence-electron chi connectivity index (χ3n) is 5.05. The summed E-state index contributed by atoms with van der Waals surface area (Å²) in [6.07, 6.45) is 0.413. The summed E-state index contributed by atoms with van der Waals surface area (Å²) in [5.74, 6) is 0.106. The molecular formula is C21H26BNO2. The first-order chi connectivity index (χ1) is 12.1. The third kappa shape index (κ3) is 4.32.